The second-order valence-corrected chi connectivity index (χ2v) is 7.19. The van der Waals surface area contributed by atoms with Gasteiger partial charge in [0.05, 0.1) is 7.11 Å². The van der Waals surface area contributed by atoms with Crippen LogP contribution in [-0.4, -0.2) is 25.1 Å². The molecule has 1 aliphatic heterocycles. The van der Waals surface area contributed by atoms with Crippen LogP contribution in [0.3, 0.4) is 0 Å². The number of para-hydroxylation sites is 1. The summed E-state index contributed by atoms with van der Waals surface area (Å²) in [6.45, 7) is 2.17. The highest BCUT2D eigenvalue weighted by Crippen LogP contribution is 2.46. The molecule has 138 valence electrons. The van der Waals surface area contributed by atoms with E-state index in [-0.39, 0.29) is 5.54 Å². The maximum atomic E-state index is 5.86. The molecule has 2 heteroatoms. The van der Waals surface area contributed by atoms with E-state index in [9.17, 15) is 0 Å². The molecule has 0 aromatic heterocycles. The summed E-state index contributed by atoms with van der Waals surface area (Å²) in [5, 5.41) is 0. The Morgan fingerprint density at radius 2 is 1.19 bits per heavy atom. The maximum absolute atomic E-state index is 5.86. The van der Waals surface area contributed by atoms with Gasteiger partial charge in [-0.3, -0.25) is 4.90 Å². The first-order chi connectivity index (χ1) is 13.4. The molecule has 3 aromatic carbocycles. The number of piperidine rings is 1. The molecule has 2 nitrogen and oxygen atoms in total. The zero-order valence-corrected chi connectivity index (χ0v) is 16.0. The van der Waals surface area contributed by atoms with Gasteiger partial charge in [0, 0.05) is 5.56 Å². The van der Waals surface area contributed by atoms with Gasteiger partial charge in [-0.25, -0.2) is 0 Å². The van der Waals surface area contributed by atoms with E-state index in [2.05, 4.69) is 89.8 Å². The van der Waals surface area contributed by atoms with Gasteiger partial charge in [-0.2, -0.15) is 0 Å². The fourth-order valence-corrected chi connectivity index (χ4v) is 4.54. The Kier molecular flexibility index (Phi) is 5.26. The van der Waals surface area contributed by atoms with Gasteiger partial charge < -0.3 is 4.74 Å². The van der Waals surface area contributed by atoms with Crippen LogP contribution in [0.1, 0.15) is 36.0 Å². The molecule has 3 aromatic rings. The number of likely N-dealkylation sites (tertiary alicyclic amines) is 1. The summed E-state index contributed by atoms with van der Waals surface area (Å²) in [4.78, 5) is 2.65. The largest absolute Gasteiger partial charge is 0.496 e. The third kappa shape index (κ3) is 3.15. The van der Waals surface area contributed by atoms with Crippen LogP contribution in [0, 0.1) is 0 Å². The molecule has 1 saturated heterocycles. The summed E-state index contributed by atoms with van der Waals surface area (Å²) in [5.74, 6) is 0.941. The van der Waals surface area contributed by atoms with Crippen LogP contribution in [0.4, 0.5) is 0 Å². The van der Waals surface area contributed by atoms with Gasteiger partial charge in [0.15, 0.2) is 0 Å². The molecule has 1 fully saturated rings. The third-order valence-corrected chi connectivity index (χ3v) is 5.71. The molecular weight excluding hydrogens is 330 g/mol. The van der Waals surface area contributed by atoms with Crippen LogP contribution < -0.4 is 4.74 Å². The molecule has 0 saturated carbocycles. The van der Waals surface area contributed by atoms with Crippen LogP contribution in [0.5, 0.6) is 5.75 Å². The van der Waals surface area contributed by atoms with E-state index in [1.165, 1.54) is 36.0 Å². The lowest BCUT2D eigenvalue weighted by Gasteiger charge is -2.47. The Balaban J connectivity index is 2.06. The van der Waals surface area contributed by atoms with Gasteiger partial charge in [-0.1, -0.05) is 85.3 Å². The summed E-state index contributed by atoms with van der Waals surface area (Å²) in [6, 6.07) is 30.3. The summed E-state index contributed by atoms with van der Waals surface area (Å²) in [7, 11) is 1.77. The Bertz CT molecular complexity index is 814. The number of nitrogens with zero attached hydrogens (tertiary/aromatic N) is 1. The molecule has 0 unspecified atom stereocenters. The van der Waals surface area contributed by atoms with Gasteiger partial charge >= 0.3 is 0 Å². The maximum Gasteiger partial charge on any atom is 0.124 e. The van der Waals surface area contributed by atoms with Crippen LogP contribution in [0.25, 0.3) is 0 Å². The van der Waals surface area contributed by atoms with Crippen molar-refractivity contribution in [1.82, 2.24) is 4.90 Å². The normalized spacial score (nSPS) is 15.4. The van der Waals surface area contributed by atoms with E-state index >= 15 is 0 Å². The molecule has 0 bridgehead atoms. The molecule has 4 rings (SSSR count). The SMILES string of the molecule is COc1ccccc1C(c1ccccc1)(c1ccccc1)N1CCCCC1. The summed E-state index contributed by atoms with van der Waals surface area (Å²) < 4.78 is 5.86. The van der Waals surface area contributed by atoms with Crippen LogP contribution >= 0.6 is 0 Å². The number of hydrogen-bond donors (Lipinski definition) is 0. The van der Waals surface area contributed by atoms with Crippen molar-refractivity contribution in [2.75, 3.05) is 20.2 Å². The number of rotatable bonds is 5. The summed E-state index contributed by atoms with van der Waals surface area (Å²) in [5.41, 5.74) is 3.45. The van der Waals surface area contributed by atoms with Crippen LogP contribution in [0.2, 0.25) is 0 Å². The Morgan fingerprint density at radius 1 is 0.667 bits per heavy atom. The van der Waals surface area contributed by atoms with Crippen molar-refractivity contribution in [3.8, 4) is 5.75 Å². The Morgan fingerprint density at radius 3 is 1.74 bits per heavy atom. The van der Waals surface area contributed by atoms with Gasteiger partial charge in [-0.15, -0.1) is 0 Å². The lowest BCUT2D eigenvalue weighted by Crippen LogP contribution is -2.50. The van der Waals surface area contributed by atoms with Crippen molar-refractivity contribution in [2.24, 2.45) is 0 Å². The van der Waals surface area contributed by atoms with Crippen molar-refractivity contribution in [3.63, 3.8) is 0 Å². The van der Waals surface area contributed by atoms with Gasteiger partial charge in [0.1, 0.15) is 11.3 Å². The predicted octanol–water partition coefficient (Wildman–Crippen LogP) is 5.47. The van der Waals surface area contributed by atoms with Crippen LogP contribution in [0.15, 0.2) is 84.9 Å². The van der Waals surface area contributed by atoms with Crippen molar-refractivity contribution >= 4 is 0 Å². The highest BCUT2D eigenvalue weighted by molar-refractivity contribution is 5.54. The molecule has 0 amide bonds. The highest BCUT2D eigenvalue weighted by Gasteiger charge is 2.44. The monoisotopic (exact) mass is 357 g/mol. The lowest BCUT2D eigenvalue weighted by molar-refractivity contribution is 0.125. The third-order valence-electron chi connectivity index (χ3n) is 5.71. The first-order valence-corrected chi connectivity index (χ1v) is 9.87. The minimum Gasteiger partial charge on any atom is -0.496 e. The highest BCUT2D eigenvalue weighted by atomic mass is 16.5. The quantitative estimate of drug-likeness (QED) is 0.561. The first kappa shape index (κ1) is 17.8. The minimum atomic E-state index is -0.352. The molecule has 0 atom stereocenters. The van der Waals surface area contributed by atoms with E-state index in [1.807, 2.05) is 0 Å². The fraction of sp³-hybridized carbons (Fsp3) is 0.280. The molecule has 0 spiro atoms. The fourth-order valence-electron chi connectivity index (χ4n) is 4.54. The molecule has 27 heavy (non-hydrogen) atoms. The average Bonchev–Trinajstić information content (AvgIpc) is 2.77. The topological polar surface area (TPSA) is 12.5 Å². The predicted molar refractivity (Wildman–Crippen MR) is 111 cm³/mol. The summed E-state index contributed by atoms with van der Waals surface area (Å²) in [6.07, 6.45) is 3.77. The number of methoxy groups -OCH3 is 1. The van der Waals surface area contributed by atoms with Gasteiger partial charge in [0.25, 0.3) is 0 Å². The van der Waals surface area contributed by atoms with E-state index in [0.717, 1.165) is 18.8 Å². The molecular formula is C25H27NO. The number of benzene rings is 3. The van der Waals surface area contributed by atoms with Gasteiger partial charge in [0.2, 0.25) is 0 Å². The molecule has 0 N–H and O–H groups in total. The van der Waals surface area contributed by atoms with Crippen LogP contribution in [-0.2, 0) is 5.54 Å². The van der Waals surface area contributed by atoms with Crippen molar-refractivity contribution < 1.29 is 4.74 Å². The smallest absolute Gasteiger partial charge is 0.124 e. The Labute approximate surface area is 162 Å². The van der Waals surface area contributed by atoms with Crippen molar-refractivity contribution in [1.29, 1.82) is 0 Å². The molecule has 0 radical (unpaired) electrons. The van der Waals surface area contributed by atoms with Crippen molar-refractivity contribution in [3.05, 3.63) is 102 Å². The Hall–Kier alpha value is -2.58. The molecule has 1 heterocycles. The molecule has 0 aliphatic carbocycles. The zero-order valence-electron chi connectivity index (χ0n) is 16.0. The average molecular weight is 357 g/mol. The zero-order chi connectivity index (χ0) is 18.5. The standard InChI is InChI=1S/C25H27NO/c1-27-24-18-10-9-17-23(24)25(21-13-5-2-6-14-21,22-15-7-3-8-16-22)26-19-11-4-12-20-26/h2-3,5-10,13-18H,4,11-12,19-20H2,1H3. The van der Waals surface area contributed by atoms with E-state index in [4.69, 9.17) is 4.74 Å². The lowest BCUT2D eigenvalue weighted by atomic mass is 9.74. The first-order valence-electron chi connectivity index (χ1n) is 9.87. The number of ether oxygens (including phenoxy) is 1. The van der Waals surface area contributed by atoms with E-state index < -0.39 is 0 Å². The minimum absolute atomic E-state index is 0.352. The number of hydrogen-bond acceptors (Lipinski definition) is 2. The van der Waals surface area contributed by atoms with E-state index in [0.29, 0.717) is 0 Å². The molecule has 1 aliphatic rings. The second kappa shape index (κ2) is 7.98. The van der Waals surface area contributed by atoms with Gasteiger partial charge in [-0.05, 0) is 43.1 Å². The second-order valence-electron chi connectivity index (χ2n) is 7.19. The van der Waals surface area contributed by atoms with E-state index in [1.54, 1.807) is 7.11 Å². The van der Waals surface area contributed by atoms with Crippen molar-refractivity contribution in [2.45, 2.75) is 24.8 Å². The summed E-state index contributed by atoms with van der Waals surface area (Å²) >= 11 is 0.